The van der Waals surface area contributed by atoms with Gasteiger partial charge in [0.15, 0.2) is 0 Å². The van der Waals surface area contributed by atoms with E-state index in [1.54, 1.807) is 0 Å². The minimum absolute atomic E-state index is 0.00745. The van der Waals surface area contributed by atoms with E-state index < -0.39 is 0 Å². The van der Waals surface area contributed by atoms with Crippen LogP contribution in [0.5, 0.6) is 0 Å². The van der Waals surface area contributed by atoms with E-state index in [-0.39, 0.29) is 12.1 Å². The number of amides is 2. The number of aromatic nitrogens is 1. The fourth-order valence-electron chi connectivity index (χ4n) is 3.52. The molecule has 132 valence electrons. The SMILES string of the molecule is CCCc1ccc(NC(=O)N2CCCCCC2c2ccncc2)cc1. The van der Waals surface area contributed by atoms with Crippen LogP contribution in [0.25, 0.3) is 0 Å². The van der Waals surface area contributed by atoms with E-state index in [4.69, 9.17) is 0 Å². The van der Waals surface area contributed by atoms with Gasteiger partial charge >= 0.3 is 6.03 Å². The maximum Gasteiger partial charge on any atom is 0.322 e. The van der Waals surface area contributed by atoms with Crippen LogP contribution in [0.1, 0.15) is 56.2 Å². The van der Waals surface area contributed by atoms with Gasteiger partial charge in [-0.05, 0) is 54.7 Å². The maximum absolute atomic E-state index is 12.9. The quantitative estimate of drug-likeness (QED) is 0.835. The summed E-state index contributed by atoms with van der Waals surface area (Å²) in [6.07, 6.45) is 10.2. The monoisotopic (exact) mass is 337 g/mol. The van der Waals surface area contributed by atoms with E-state index in [2.05, 4.69) is 29.4 Å². The smallest absolute Gasteiger partial charge is 0.317 e. The summed E-state index contributed by atoms with van der Waals surface area (Å²) < 4.78 is 0. The third kappa shape index (κ3) is 4.59. The Balaban J connectivity index is 1.73. The molecule has 0 bridgehead atoms. The molecule has 4 nitrogen and oxygen atoms in total. The second kappa shape index (κ2) is 8.65. The first-order valence-electron chi connectivity index (χ1n) is 9.34. The Morgan fingerprint density at radius 2 is 1.88 bits per heavy atom. The summed E-state index contributed by atoms with van der Waals surface area (Å²) in [5.74, 6) is 0. The van der Waals surface area contributed by atoms with Gasteiger partial charge in [-0.1, -0.05) is 38.3 Å². The molecule has 1 atom stereocenters. The van der Waals surface area contributed by atoms with Gasteiger partial charge in [0.1, 0.15) is 0 Å². The van der Waals surface area contributed by atoms with Gasteiger partial charge in [0.25, 0.3) is 0 Å². The van der Waals surface area contributed by atoms with E-state index in [0.717, 1.165) is 44.3 Å². The highest BCUT2D eigenvalue weighted by atomic mass is 16.2. The summed E-state index contributed by atoms with van der Waals surface area (Å²) in [6.45, 7) is 2.97. The van der Waals surface area contributed by atoms with Crippen molar-refractivity contribution < 1.29 is 4.79 Å². The summed E-state index contributed by atoms with van der Waals surface area (Å²) >= 11 is 0. The van der Waals surface area contributed by atoms with E-state index in [1.807, 2.05) is 41.6 Å². The van der Waals surface area contributed by atoms with Gasteiger partial charge in [0, 0.05) is 24.6 Å². The normalized spacial score (nSPS) is 17.8. The molecule has 1 unspecified atom stereocenters. The van der Waals surface area contributed by atoms with E-state index >= 15 is 0 Å². The van der Waals surface area contributed by atoms with Gasteiger partial charge in [-0.25, -0.2) is 4.79 Å². The molecule has 4 heteroatoms. The average molecular weight is 337 g/mol. The average Bonchev–Trinajstić information content (AvgIpc) is 2.90. The van der Waals surface area contributed by atoms with E-state index in [0.29, 0.717) is 0 Å². The molecule has 1 N–H and O–H groups in total. The predicted octanol–water partition coefficient (Wildman–Crippen LogP) is 5.18. The second-order valence-electron chi connectivity index (χ2n) is 6.72. The summed E-state index contributed by atoms with van der Waals surface area (Å²) in [5.41, 5.74) is 3.35. The molecular formula is C21H27N3O. The van der Waals surface area contributed by atoms with Crippen LogP contribution in [0.15, 0.2) is 48.8 Å². The zero-order chi connectivity index (χ0) is 17.5. The first-order chi connectivity index (χ1) is 12.3. The molecule has 2 amide bonds. The fourth-order valence-corrected chi connectivity index (χ4v) is 3.52. The molecule has 0 radical (unpaired) electrons. The second-order valence-corrected chi connectivity index (χ2v) is 6.72. The van der Waals surface area contributed by atoms with Crippen LogP contribution in [0.3, 0.4) is 0 Å². The van der Waals surface area contributed by atoms with Crippen LogP contribution < -0.4 is 5.32 Å². The van der Waals surface area contributed by atoms with Gasteiger partial charge in [-0.3, -0.25) is 4.98 Å². The molecular weight excluding hydrogens is 310 g/mol. The number of aryl methyl sites for hydroxylation is 1. The lowest BCUT2D eigenvalue weighted by molar-refractivity contribution is 0.189. The Labute approximate surface area is 150 Å². The Kier molecular flexibility index (Phi) is 6.04. The van der Waals surface area contributed by atoms with E-state index in [1.165, 1.54) is 17.5 Å². The largest absolute Gasteiger partial charge is 0.322 e. The van der Waals surface area contributed by atoms with Gasteiger partial charge in [0.2, 0.25) is 0 Å². The molecule has 25 heavy (non-hydrogen) atoms. The molecule has 1 aromatic carbocycles. The van der Waals surface area contributed by atoms with Crippen molar-refractivity contribution in [2.24, 2.45) is 0 Å². The highest BCUT2D eigenvalue weighted by molar-refractivity contribution is 5.89. The Morgan fingerprint density at radius 3 is 2.60 bits per heavy atom. The van der Waals surface area contributed by atoms with Crippen molar-refractivity contribution in [3.05, 3.63) is 59.9 Å². The lowest BCUT2D eigenvalue weighted by Gasteiger charge is -2.30. The summed E-state index contributed by atoms with van der Waals surface area (Å²) in [7, 11) is 0. The minimum Gasteiger partial charge on any atom is -0.317 e. The Morgan fingerprint density at radius 1 is 1.12 bits per heavy atom. The van der Waals surface area contributed by atoms with Gasteiger partial charge < -0.3 is 10.2 Å². The standard InChI is InChI=1S/C21H27N3O/c1-2-6-17-8-10-19(11-9-17)23-21(25)24-16-5-3-4-7-20(24)18-12-14-22-15-13-18/h8-15,20H,2-7,16H2,1H3,(H,23,25). The molecule has 1 fully saturated rings. The number of hydrogen-bond donors (Lipinski definition) is 1. The number of rotatable bonds is 4. The topological polar surface area (TPSA) is 45.2 Å². The number of carbonyl (C=O) groups excluding carboxylic acids is 1. The van der Waals surface area contributed by atoms with Crippen LogP contribution in [-0.2, 0) is 6.42 Å². The van der Waals surface area contributed by atoms with Crippen molar-refractivity contribution in [2.75, 3.05) is 11.9 Å². The molecule has 3 rings (SSSR count). The molecule has 1 aromatic heterocycles. The highest BCUT2D eigenvalue weighted by Gasteiger charge is 2.26. The van der Waals surface area contributed by atoms with Crippen molar-refractivity contribution in [1.29, 1.82) is 0 Å². The number of carbonyl (C=O) groups is 1. The van der Waals surface area contributed by atoms with Crippen molar-refractivity contribution in [3.63, 3.8) is 0 Å². The van der Waals surface area contributed by atoms with Crippen molar-refractivity contribution in [2.45, 2.75) is 51.5 Å². The number of benzene rings is 1. The van der Waals surface area contributed by atoms with E-state index in [9.17, 15) is 4.79 Å². The maximum atomic E-state index is 12.9. The Bertz CT molecular complexity index is 669. The third-order valence-electron chi connectivity index (χ3n) is 4.85. The number of urea groups is 1. The molecule has 0 spiro atoms. The lowest BCUT2D eigenvalue weighted by atomic mass is 10.0. The van der Waals surface area contributed by atoms with Crippen LogP contribution in [0, 0.1) is 0 Å². The molecule has 2 aromatic rings. The zero-order valence-electron chi connectivity index (χ0n) is 14.9. The summed E-state index contributed by atoms with van der Waals surface area (Å²) in [4.78, 5) is 19.0. The zero-order valence-corrected chi connectivity index (χ0v) is 14.9. The van der Waals surface area contributed by atoms with Crippen molar-refractivity contribution >= 4 is 11.7 Å². The third-order valence-corrected chi connectivity index (χ3v) is 4.85. The van der Waals surface area contributed by atoms with Crippen LogP contribution >= 0.6 is 0 Å². The molecule has 0 aliphatic carbocycles. The number of hydrogen-bond acceptors (Lipinski definition) is 2. The molecule has 1 aliphatic heterocycles. The summed E-state index contributed by atoms with van der Waals surface area (Å²) in [5, 5.41) is 3.08. The number of likely N-dealkylation sites (tertiary alicyclic amines) is 1. The number of pyridine rings is 1. The van der Waals surface area contributed by atoms with Crippen molar-refractivity contribution in [1.82, 2.24) is 9.88 Å². The first-order valence-corrected chi connectivity index (χ1v) is 9.34. The van der Waals surface area contributed by atoms with Crippen LogP contribution in [-0.4, -0.2) is 22.5 Å². The van der Waals surface area contributed by atoms with Crippen molar-refractivity contribution in [3.8, 4) is 0 Å². The van der Waals surface area contributed by atoms with Crippen LogP contribution in [0.2, 0.25) is 0 Å². The van der Waals surface area contributed by atoms with Gasteiger partial charge in [-0.2, -0.15) is 0 Å². The molecule has 1 aliphatic rings. The minimum atomic E-state index is -0.00745. The number of nitrogens with zero attached hydrogens (tertiary/aromatic N) is 2. The molecule has 1 saturated heterocycles. The number of nitrogens with one attached hydrogen (secondary N) is 1. The van der Waals surface area contributed by atoms with Gasteiger partial charge in [0.05, 0.1) is 6.04 Å². The fraction of sp³-hybridized carbons (Fsp3) is 0.429. The Hall–Kier alpha value is -2.36. The van der Waals surface area contributed by atoms with Gasteiger partial charge in [-0.15, -0.1) is 0 Å². The summed E-state index contributed by atoms with van der Waals surface area (Å²) in [6, 6.07) is 12.4. The number of anilines is 1. The van der Waals surface area contributed by atoms with Crippen LogP contribution in [0.4, 0.5) is 10.5 Å². The lowest BCUT2D eigenvalue weighted by Crippen LogP contribution is -2.38. The predicted molar refractivity (Wildman–Crippen MR) is 102 cm³/mol. The highest BCUT2D eigenvalue weighted by Crippen LogP contribution is 2.30. The molecule has 2 heterocycles. The molecule has 0 saturated carbocycles. The first kappa shape index (κ1) is 17.5.